The first kappa shape index (κ1) is 12.7. The number of hydrogen-bond acceptors (Lipinski definition) is 2. The molecule has 1 rings (SSSR count). The molecule has 1 saturated heterocycles. The predicted octanol–water partition coefficient (Wildman–Crippen LogP) is 4.60. The van der Waals surface area contributed by atoms with E-state index in [1.165, 1.54) is 37.2 Å². The molecule has 0 aromatic rings. The zero-order valence-electron chi connectivity index (χ0n) is 8.64. The Hall–Kier alpha value is 0.700. The number of unbranched alkanes of at least 4 members (excludes halogenated alkanes) is 1. The van der Waals surface area contributed by atoms with Gasteiger partial charge in [-0.25, -0.2) is 0 Å². The van der Waals surface area contributed by atoms with Crippen LogP contribution in [0.4, 0.5) is 0 Å². The maximum Gasteiger partial charge on any atom is 0.00450 e. The summed E-state index contributed by atoms with van der Waals surface area (Å²) in [5.41, 5.74) is 0. The zero-order chi connectivity index (χ0) is 9.23. The molecule has 0 nitrogen and oxygen atoms in total. The Labute approximate surface area is 85.7 Å². The molecular formula is C10H22S2. The predicted molar refractivity (Wildman–Crippen MR) is 63.9 cm³/mol. The monoisotopic (exact) mass is 206 g/mol. The fraction of sp³-hybridized carbons (Fsp3) is 1.00. The molecule has 0 spiro atoms. The van der Waals surface area contributed by atoms with Gasteiger partial charge in [-0.1, -0.05) is 61.6 Å². The van der Waals surface area contributed by atoms with E-state index in [0.29, 0.717) is 0 Å². The molecular weight excluding hydrogens is 184 g/mol. The maximum atomic E-state index is 2.27. The van der Waals surface area contributed by atoms with Gasteiger partial charge >= 0.3 is 0 Å². The quantitative estimate of drug-likeness (QED) is 0.619. The lowest BCUT2D eigenvalue weighted by molar-refractivity contribution is 0.550. The fourth-order valence-electron chi connectivity index (χ4n) is 0.907. The molecule has 0 unspecified atom stereocenters. The highest BCUT2D eigenvalue weighted by Gasteiger charge is 1.96. The minimum absolute atomic E-state index is 0.903. The number of hydrogen-bond donors (Lipinski definition) is 0. The van der Waals surface area contributed by atoms with Crippen LogP contribution in [0.2, 0.25) is 0 Å². The minimum atomic E-state index is 0.903. The Kier molecular flexibility index (Phi) is 10.4. The molecule has 0 amide bonds. The molecule has 1 heterocycles. The lowest BCUT2D eigenvalue weighted by Crippen LogP contribution is -1.83. The van der Waals surface area contributed by atoms with Crippen molar-refractivity contribution in [2.24, 2.45) is 5.92 Å². The average molecular weight is 206 g/mol. The highest BCUT2D eigenvalue weighted by molar-refractivity contribution is 8.77. The first-order valence-electron chi connectivity index (χ1n) is 5.01. The van der Waals surface area contributed by atoms with Crippen molar-refractivity contribution >= 4 is 21.6 Å². The lowest BCUT2D eigenvalue weighted by Gasteiger charge is -1.98. The molecule has 1 aliphatic heterocycles. The van der Waals surface area contributed by atoms with Crippen LogP contribution in [0.25, 0.3) is 0 Å². The van der Waals surface area contributed by atoms with Gasteiger partial charge in [-0.3, -0.25) is 0 Å². The zero-order valence-corrected chi connectivity index (χ0v) is 10.3. The van der Waals surface area contributed by atoms with Crippen LogP contribution < -0.4 is 0 Å². The summed E-state index contributed by atoms with van der Waals surface area (Å²) in [5.74, 6) is 3.66. The molecule has 0 saturated carbocycles. The Balaban J connectivity index is 0.000000211. The Bertz CT molecular complexity index is 70.3. The van der Waals surface area contributed by atoms with E-state index in [1.807, 2.05) is 21.6 Å². The normalized spacial score (nSPS) is 16.0. The number of rotatable bonds is 3. The van der Waals surface area contributed by atoms with Crippen LogP contribution in [0.1, 0.15) is 46.5 Å². The van der Waals surface area contributed by atoms with Gasteiger partial charge in [0, 0.05) is 11.5 Å². The lowest BCUT2D eigenvalue weighted by atomic mass is 10.1. The van der Waals surface area contributed by atoms with Crippen LogP contribution in [0.3, 0.4) is 0 Å². The van der Waals surface area contributed by atoms with Crippen molar-refractivity contribution in [3.63, 3.8) is 0 Å². The van der Waals surface area contributed by atoms with Gasteiger partial charge in [-0.15, -0.1) is 0 Å². The molecule has 74 valence electrons. The summed E-state index contributed by atoms with van der Waals surface area (Å²) in [7, 11) is 3.98. The highest BCUT2D eigenvalue weighted by Crippen LogP contribution is 2.29. The molecule has 0 N–H and O–H groups in total. The van der Waals surface area contributed by atoms with Crippen molar-refractivity contribution in [1.29, 1.82) is 0 Å². The summed E-state index contributed by atoms with van der Waals surface area (Å²) in [5, 5.41) is 0. The molecule has 1 fully saturated rings. The average Bonchev–Trinajstić information content (AvgIpc) is 2.57. The van der Waals surface area contributed by atoms with E-state index in [1.54, 1.807) is 0 Å². The second kappa shape index (κ2) is 9.79. The van der Waals surface area contributed by atoms with Crippen molar-refractivity contribution in [3.05, 3.63) is 0 Å². The molecule has 0 bridgehead atoms. The molecule has 0 aromatic heterocycles. The first-order valence-corrected chi connectivity index (χ1v) is 7.50. The third kappa shape index (κ3) is 10.7. The van der Waals surface area contributed by atoms with E-state index >= 15 is 0 Å². The van der Waals surface area contributed by atoms with Crippen molar-refractivity contribution in [1.82, 2.24) is 0 Å². The molecule has 2 heteroatoms. The van der Waals surface area contributed by atoms with E-state index in [0.717, 1.165) is 5.92 Å². The van der Waals surface area contributed by atoms with Gasteiger partial charge < -0.3 is 0 Å². The summed E-state index contributed by atoms with van der Waals surface area (Å²) in [4.78, 5) is 0. The molecule has 0 atom stereocenters. The topological polar surface area (TPSA) is 0 Å². The van der Waals surface area contributed by atoms with Gasteiger partial charge in [-0.2, -0.15) is 0 Å². The summed E-state index contributed by atoms with van der Waals surface area (Å²) >= 11 is 0. The molecule has 0 radical (unpaired) electrons. The van der Waals surface area contributed by atoms with Crippen LogP contribution >= 0.6 is 21.6 Å². The van der Waals surface area contributed by atoms with E-state index < -0.39 is 0 Å². The fourth-order valence-corrected chi connectivity index (χ4v) is 3.26. The summed E-state index contributed by atoms with van der Waals surface area (Å²) in [6.07, 6.45) is 5.57. The third-order valence-corrected chi connectivity index (χ3v) is 4.25. The molecule has 0 aromatic carbocycles. The van der Waals surface area contributed by atoms with Crippen molar-refractivity contribution in [3.8, 4) is 0 Å². The Morgan fingerprint density at radius 1 is 1.17 bits per heavy atom. The molecule has 1 aliphatic rings. The summed E-state index contributed by atoms with van der Waals surface area (Å²) in [6, 6.07) is 0. The van der Waals surface area contributed by atoms with Crippen LogP contribution in [0, 0.1) is 5.92 Å². The molecule has 0 aliphatic carbocycles. The van der Waals surface area contributed by atoms with Crippen LogP contribution in [-0.4, -0.2) is 11.5 Å². The first-order chi connectivity index (χ1) is 5.77. The van der Waals surface area contributed by atoms with Gasteiger partial charge in [0.15, 0.2) is 0 Å². The molecule has 12 heavy (non-hydrogen) atoms. The Morgan fingerprint density at radius 3 is 1.92 bits per heavy atom. The van der Waals surface area contributed by atoms with E-state index in [4.69, 9.17) is 0 Å². The smallest absolute Gasteiger partial charge is 0.00450 e. The van der Waals surface area contributed by atoms with Gasteiger partial charge in [0.05, 0.1) is 0 Å². The van der Waals surface area contributed by atoms with Crippen LogP contribution in [-0.2, 0) is 0 Å². The van der Waals surface area contributed by atoms with E-state index in [2.05, 4.69) is 20.8 Å². The SMILES string of the molecule is C1CSSC1.CCCCC(C)C. The van der Waals surface area contributed by atoms with E-state index in [9.17, 15) is 0 Å². The largest absolute Gasteiger partial charge is 0.0941 e. The maximum absolute atomic E-state index is 2.27. The van der Waals surface area contributed by atoms with Crippen molar-refractivity contribution in [2.45, 2.75) is 46.5 Å². The summed E-state index contributed by atoms with van der Waals surface area (Å²) in [6.45, 7) is 6.79. The van der Waals surface area contributed by atoms with Gasteiger partial charge in [0.2, 0.25) is 0 Å². The van der Waals surface area contributed by atoms with E-state index in [-0.39, 0.29) is 0 Å². The third-order valence-electron chi connectivity index (χ3n) is 1.67. The second-order valence-electron chi connectivity index (χ2n) is 3.53. The van der Waals surface area contributed by atoms with Gasteiger partial charge in [-0.05, 0) is 12.3 Å². The highest BCUT2D eigenvalue weighted by atomic mass is 33.1. The standard InChI is InChI=1S/C7H16.C3H6S2/c1-4-5-6-7(2)3;1-2-4-5-3-1/h7H,4-6H2,1-3H3;1-3H2. The summed E-state index contributed by atoms with van der Waals surface area (Å²) < 4.78 is 0. The van der Waals surface area contributed by atoms with Gasteiger partial charge in [0.25, 0.3) is 0 Å². The van der Waals surface area contributed by atoms with Crippen molar-refractivity contribution in [2.75, 3.05) is 11.5 Å². The second-order valence-corrected chi connectivity index (χ2v) is 6.24. The van der Waals surface area contributed by atoms with Crippen LogP contribution in [0.15, 0.2) is 0 Å². The van der Waals surface area contributed by atoms with Crippen molar-refractivity contribution < 1.29 is 0 Å². The van der Waals surface area contributed by atoms with Crippen LogP contribution in [0.5, 0.6) is 0 Å². The van der Waals surface area contributed by atoms with Gasteiger partial charge in [0.1, 0.15) is 0 Å². The Morgan fingerprint density at radius 2 is 1.75 bits per heavy atom. The minimum Gasteiger partial charge on any atom is -0.0941 e.